The topological polar surface area (TPSA) is 41.1 Å². The lowest BCUT2D eigenvalue weighted by atomic mass is 10.0. The summed E-state index contributed by atoms with van der Waals surface area (Å²) in [6.07, 6.45) is 1.51. The molecule has 0 atom stereocenters. The van der Waals surface area contributed by atoms with Crippen LogP contribution in [-0.4, -0.2) is 19.0 Å². The van der Waals surface area contributed by atoms with Gasteiger partial charge in [0.05, 0.1) is 0 Å². The molecule has 0 aliphatic heterocycles. The molecule has 2 aromatic rings. The van der Waals surface area contributed by atoms with E-state index in [-0.39, 0.29) is 5.91 Å². The lowest BCUT2D eigenvalue weighted by Crippen LogP contribution is -2.28. The van der Waals surface area contributed by atoms with Gasteiger partial charge in [-0.2, -0.15) is 0 Å². The van der Waals surface area contributed by atoms with Crippen LogP contribution in [0.3, 0.4) is 0 Å². The van der Waals surface area contributed by atoms with Crippen molar-refractivity contribution in [3.8, 4) is 0 Å². The van der Waals surface area contributed by atoms with Crippen LogP contribution in [0.2, 0.25) is 0 Å². The molecule has 3 nitrogen and oxygen atoms in total. The normalized spacial score (nSPS) is 10.7. The maximum Gasteiger partial charge on any atom is 0.221 e. The molecule has 106 valence electrons. The van der Waals surface area contributed by atoms with Crippen LogP contribution in [0.1, 0.15) is 25.3 Å². The molecule has 1 amide bonds. The largest absolute Gasteiger partial charge is 0.356 e. The number of hydrogen-bond acceptors (Lipinski definition) is 2. The average molecular weight is 270 g/mol. The van der Waals surface area contributed by atoms with Crippen LogP contribution in [0.25, 0.3) is 10.8 Å². The summed E-state index contributed by atoms with van der Waals surface area (Å²) < 4.78 is 0. The highest BCUT2D eigenvalue weighted by Crippen LogP contribution is 2.18. The fourth-order valence-electron chi connectivity index (χ4n) is 2.22. The molecule has 2 aromatic carbocycles. The SMILES string of the molecule is CCCNC(=O)CCNCc1cccc2ccccc12. The van der Waals surface area contributed by atoms with Gasteiger partial charge in [-0.05, 0) is 22.8 Å². The Balaban J connectivity index is 1.83. The van der Waals surface area contributed by atoms with E-state index in [4.69, 9.17) is 0 Å². The Hall–Kier alpha value is -1.87. The molecule has 0 aromatic heterocycles. The molecule has 3 heteroatoms. The monoisotopic (exact) mass is 270 g/mol. The standard InChI is InChI=1S/C17H22N2O/c1-2-11-19-17(20)10-12-18-13-15-8-5-7-14-6-3-4-9-16(14)15/h3-9,18H,2,10-13H2,1H3,(H,19,20). The molecule has 2 N–H and O–H groups in total. The van der Waals surface area contributed by atoms with Crippen LogP contribution < -0.4 is 10.6 Å². The number of carbonyl (C=O) groups excluding carboxylic acids is 1. The number of amides is 1. The van der Waals surface area contributed by atoms with E-state index in [0.29, 0.717) is 13.0 Å². The summed E-state index contributed by atoms with van der Waals surface area (Å²) in [5, 5.41) is 8.75. The summed E-state index contributed by atoms with van der Waals surface area (Å²) in [4.78, 5) is 11.5. The second-order valence-electron chi connectivity index (χ2n) is 4.92. The Morgan fingerprint density at radius 1 is 1.05 bits per heavy atom. The Kier molecular flexibility index (Phi) is 5.56. The molecule has 0 aliphatic rings. The molecule has 2 rings (SSSR count). The van der Waals surface area contributed by atoms with E-state index in [1.807, 2.05) is 0 Å². The third kappa shape index (κ3) is 4.07. The van der Waals surface area contributed by atoms with Crippen molar-refractivity contribution in [2.24, 2.45) is 0 Å². The first-order valence-electron chi connectivity index (χ1n) is 7.25. The Morgan fingerprint density at radius 3 is 2.70 bits per heavy atom. The summed E-state index contributed by atoms with van der Waals surface area (Å²) in [5.74, 6) is 0.122. The molecule has 0 unspecified atom stereocenters. The van der Waals surface area contributed by atoms with Crippen molar-refractivity contribution >= 4 is 16.7 Å². The van der Waals surface area contributed by atoms with E-state index in [1.54, 1.807) is 0 Å². The zero-order chi connectivity index (χ0) is 14.2. The highest BCUT2D eigenvalue weighted by Gasteiger charge is 2.01. The minimum Gasteiger partial charge on any atom is -0.356 e. The molecule has 0 spiro atoms. The van der Waals surface area contributed by atoms with Crippen molar-refractivity contribution in [2.75, 3.05) is 13.1 Å². The fraction of sp³-hybridized carbons (Fsp3) is 0.353. The number of fused-ring (bicyclic) bond motifs is 1. The molecular formula is C17H22N2O. The van der Waals surface area contributed by atoms with Gasteiger partial charge in [0.25, 0.3) is 0 Å². The number of hydrogen-bond donors (Lipinski definition) is 2. The minimum absolute atomic E-state index is 0.122. The number of nitrogens with one attached hydrogen (secondary N) is 2. The van der Waals surface area contributed by atoms with E-state index in [2.05, 4.69) is 60.0 Å². The Labute approximate surface area is 120 Å². The zero-order valence-electron chi connectivity index (χ0n) is 12.0. The third-order valence-electron chi connectivity index (χ3n) is 3.30. The first-order valence-corrected chi connectivity index (χ1v) is 7.25. The van der Waals surface area contributed by atoms with Gasteiger partial charge in [-0.25, -0.2) is 0 Å². The highest BCUT2D eigenvalue weighted by molar-refractivity contribution is 5.85. The molecule has 0 saturated carbocycles. The first kappa shape index (κ1) is 14.5. The summed E-state index contributed by atoms with van der Waals surface area (Å²) in [6.45, 7) is 4.32. The predicted octanol–water partition coefficient (Wildman–Crippen LogP) is 2.85. The smallest absolute Gasteiger partial charge is 0.221 e. The Morgan fingerprint density at radius 2 is 1.85 bits per heavy atom. The van der Waals surface area contributed by atoms with Gasteiger partial charge in [0.2, 0.25) is 5.91 Å². The van der Waals surface area contributed by atoms with Crippen LogP contribution in [0.15, 0.2) is 42.5 Å². The van der Waals surface area contributed by atoms with Crippen LogP contribution in [0, 0.1) is 0 Å². The molecular weight excluding hydrogens is 248 g/mol. The van der Waals surface area contributed by atoms with E-state index >= 15 is 0 Å². The van der Waals surface area contributed by atoms with Crippen LogP contribution in [-0.2, 0) is 11.3 Å². The fourth-order valence-corrected chi connectivity index (χ4v) is 2.22. The summed E-state index contributed by atoms with van der Waals surface area (Å²) in [7, 11) is 0. The van der Waals surface area contributed by atoms with Gasteiger partial charge in [0.15, 0.2) is 0 Å². The quantitative estimate of drug-likeness (QED) is 0.760. The predicted molar refractivity (Wildman–Crippen MR) is 83.6 cm³/mol. The summed E-state index contributed by atoms with van der Waals surface area (Å²) >= 11 is 0. The Bertz CT molecular complexity index is 560. The molecule has 0 saturated heterocycles. The summed E-state index contributed by atoms with van der Waals surface area (Å²) in [6, 6.07) is 14.7. The van der Waals surface area contributed by atoms with Gasteiger partial charge in [-0.1, -0.05) is 49.4 Å². The van der Waals surface area contributed by atoms with Crippen molar-refractivity contribution in [3.05, 3.63) is 48.0 Å². The van der Waals surface area contributed by atoms with Gasteiger partial charge >= 0.3 is 0 Å². The molecule has 0 heterocycles. The first-order chi connectivity index (χ1) is 9.81. The van der Waals surface area contributed by atoms with Crippen molar-refractivity contribution in [3.63, 3.8) is 0 Å². The van der Waals surface area contributed by atoms with Crippen molar-refractivity contribution in [1.82, 2.24) is 10.6 Å². The maximum absolute atomic E-state index is 11.5. The van der Waals surface area contributed by atoms with Crippen molar-refractivity contribution in [2.45, 2.75) is 26.3 Å². The summed E-state index contributed by atoms with van der Waals surface area (Å²) in [5.41, 5.74) is 1.28. The second-order valence-corrected chi connectivity index (χ2v) is 4.92. The van der Waals surface area contributed by atoms with E-state index in [9.17, 15) is 4.79 Å². The minimum atomic E-state index is 0.122. The highest BCUT2D eigenvalue weighted by atomic mass is 16.1. The number of carbonyl (C=O) groups is 1. The maximum atomic E-state index is 11.5. The van der Waals surface area contributed by atoms with E-state index in [1.165, 1.54) is 16.3 Å². The van der Waals surface area contributed by atoms with Crippen molar-refractivity contribution < 1.29 is 4.79 Å². The van der Waals surface area contributed by atoms with Gasteiger partial charge in [0, 0.05) is 26.1 Å². The van der Waals surface area contributed by atoms with E-state index < -0.39 is 0 Å². The van der Waals surface area contributed by atoms with E-state index in [0.717, 1.165) is 19.5 Å². The molecule has 0 fully saturated rings. The lowest BCUT2D eigenvalue weighted by molar-refractivity contribution is -0.120. The van der Waals surface area contributed by atoms with Gasteiger partial charge in [-0.15, -0.1) is 0 Å². The van der Waals surface area contributed by atoms with Gasteiger partial charge in [0.1, 0.15) is 0 Å². The van der Waals surface area contributed by atoms with Crippen molar-refractivity contribution in [1.29, 1.82) is 0 Å². The zero-order valence-corrected chi connectivity index (χ0v) is 12.0. The average Bonchev–Trinajstić information content (AvgIpc) is 2.49. The molecule has 0 radical (unpaired) electrons. The van der Waals surface area contributed by atoms with Gasteiger partial charge < -0.3 is 10.6 Å². The lowest BCUT2D eigenvalue weighted by Gasteiger charge is -2.08. The molecule has 0 aliphatic carbocycles. The van der Waals surface area contributed by atoms with Crippen LogP contribution in [0.4, 0.5) is 0 Å². The number of benzene rings is 2. The number of rotatable bonds is 7. The van der Waals surface area contributed by atoms with Gasteiger partial charge in [-0.3, -0.25) is 4.79 Å². The molecule has 0 bridgehead atoms. The third-order valence-corrected chi connectivity index (χ3v) is 3.30. The van der Waals surface area contributed by atoms with Crippen LogP contribution in [0.5, 0.6) is 0 Å². The second kappa shape index (κ2) is 7.65. The molecule has 20 heavy (non-hydrogen) atoms. The van der Waals surface area contributed by atoms with Crippen LogP contribution >= 0.6 is 0 Å².